The minimum absolute atomic E-state index is 0.387. The minimum atomic E-state index is -0.387. The zero-order chi connectivity index (χ0) is 18.5. The first-order chi connectivity index (χ1) is 13.3. The van der Waals surface area contributed by atoms with Crippen molar-refractivity contribution in [2.24, 2.45) is 0 Å². The van der Waals surface area contributed by atoms with Crippen LogP contribution in [-0.4, -0.2) is 9.97 Å². The van der Waals surface area contributed by atoms with Crippen LogP contribution in [0, 0.1) is 6.92 Å². The third-order valence-corrected chi connectivity index (χ3v) is 6.03. The smallest absolute Gasteiger partial charge is 0.125 e. The highest BCUT2D eigenvalue weighted by atomic mass is 32.2. The fourth-order valence-electron chi connectivity index (χ4n) is 3.31. The van der Waals surface area contributed by atoms with Crippen molar-refractivity contribution in [2.45, 2.75) is 16.6 Å². The van der Waals surface area contributed by atoms with Gasteiger partial charge in [0.05, 0.1) is 4.75 Å². The molecule has 0 spiro atoms. The van der Waals surface area contributed by atoms with E-state index in [1.54, 1.807) is 11.8 Å². The lowest BCUT2D eigenvalue weighted by Gasteiger charge is -2.35. The van der Waals surface area contributed by atoms with E-state index in [1.165, 1.54) is 16.7 Å². The van der Waals surface area contributed by atoms with Crippen molar-refractivity contribution in [3.8, 4) is 0 Å². The Morgan fingerprint density at radius 3 is 1.33 bits per heavy atom. The van der Waals surface area contributed by atoms with Crippen molar-refractivity contribution in [3.63, 3.8) is 0 Å². The van der Waals surface area contributed by atoms with Crippen LogP contribution in [0.25, 0.3) is 0 Å². The summed E-state index contributed by atoms with van der Waals surface area (Å²) in [6, 6.07) is 32.0. The van der Waals surface area contributed by atoms with E-state index in [1.807, 2.05) is 19.3 Å². The summed E-state index contributed by atoms with van der Waals surface area (Å²) < 4.78 is -0.387. The van der Waals surface area contributed by atoms with Crippen LogP contribution >= 0.6 is 11.8 Å². The van der Waals surface area contributed by atoms with Crippen LogP contribution in [0.1, 0.15) is 22.5 Å². The van der Waals surface area contributed by atoms with Crippen LogP contribution in [-0.2, 0) is 4.75 Å². The Kier molecular flexibility index (Phi) is 5.03. The van der Waals surface area contributed by atoms with Gasteiger partial charge in [-0.05, 0) is 23.6 Å². The van der Waals surface area contributed by atoms with Crippen LogP contribution in [0.3, 0.4) is 0 Å². The average Bonchev–Trinajstić information content (AvgIpc) is 2.75. The Morgan fingerprint density at radius 1 is 0.593 bits per heavy atom. The molecule has 0 fully saturated rings. The summed E-state index contributed by atoms with van der Waals surface area (Å²) >= 11 is 1.78. The van der Waals surface area contributed by atoms with E-state index in [-0.39, 0.29) is 4.75 Å². The quantitative estimate of drug-likeness (QED) is 0.325. The number of aromatic nitrogens is 2. The van der Waals surface area contributed by atoms with E-state index in [9.17, 15) is 0 Å². The molecule has 27 heavy (non-hydrogen) atoms. The third kappa shape index (κ3) is 3.51. The van der Waals surface area contributed by atoms with Gasteiger partial charge in [0.2, 0.25) is 0 Å². The summed E-state index contributed by atoms with van der Waals surface area (Å²) in [7, 11) is 0. The van der Waals surface area contributed by atoms with Gasteiger partial charge in [0.15, 0.2) is 0 Å². The van der Waals surface area contributed by atoms with E-state index in [4.69, 9.17) is 0 Å². The van der Waals surface area contributed by atoms with E-state index in [0.717, 1.165) is 10.7 Å². The van der Waals surface area contributed by atoms with Crippen molar-refractivity contribution < 1.29 is 0 Å². The van der Waals surface area contributed by atoms with Crippen molar-refractivity contribution in [2.75, 3.05) is 0 Å². The predicted octanol–water partition coefficient (Wildman–Crippen LogP) is 5.87. The molecule has 4 aromatic rings. The zero-order valence-corrected chi connectivity index (χ0v) is 15.9. The van der Waals surface area contributed by atoms with Crippen LogP contribution in [0.15, 0.2) is 108 Å². The maximum absolute atomic E-state index is 4.41. The SMILES string of the molecule is Cc1ncc(SC(c2ccccc2)(c2ccccc2)c2ccccc2)cn1. The van der Waals surface area contributed by atoms with Crippen LogP contribution in [0.2, 0.25) is 0 Å². The van der Waals surface area contributed by atoms with E-state index in [0.29, 0.717) is 0 Å². The summed E-state index contributed by atoms with van der Waals surface area (Å²) in [5.41, 5.74) is 3.69. The summed E-state index contributed by atoms with van der Waals surface area (Å²) in [5, 5.41) is 0. The van der Waals surface area contributed by atoms with Crippen LogP contribution in [0.5, 0.6) is 0 Å². The van der Waals surface area contributed by atoms with Crippen LogP contribution < -0.4 is 0 Å². The standard InChI is InChI=1S/C24H20N2S/c1-19-25-17-23(18-26-19)27-24(20-11-5-2-6-12-20,21-13-7-3-8-14-21)22-15-9-4-10-16-22/h2-18H,1H3. The number of thioether (sulfide) groups is 1. The van der Waals surface area contributed by atoms with Gasteiger partial charge >= 0.3 is 0 Å². The van der Waals surface area contributed by atoms with Crippen molar-refractivity contribution >= 4 is 11.8 Å². The van der Waals surface area contributed by atoms with Gasteiger partial charge in [-0.1, -0.05) is 91.0 Å². The Bertz CT molecular complexity index is 888. The summed E-state index contributed by atoms with van der Waals surface area (Å²) in [6.45, 7) is 1.91. The molecule has 3 aromatic carbocycles. The number of rotatable bonds is 5. The topological polar surface area (TPSA) is 25.8 Å². The molecular formula is C24H20N2S. The van der Waals surface area contributed by atoms with E-state index in [2.05, 4.69) is 101 Å². The lowest BCUT2D eigenvalue weighted by molar-refractivity contribution is 0.889. The molecular weight excluding hydrogens is 348 g/mol. The van der Waals surface area contributed by atoms with Gasteiger partial charge < -0.3 is 0 Å². The van der Waals surface area contributed by atoms with Gasteiger partial charge in [0.25, 0.3) is 0 Å². The van der Waals surface area contributed by atoms with Gasteiger partial charge in [-0.3, -0.25) is 0 Å². The Morgan fingerprint density at radius 2 is 0.963 bits per heavy atom. The number of benzene rings is 3. The largest absolute Gasteiger partial charge is 0.241 e. The molecule has 1 aromatic heterocycles. The maximum atomic E-state index is 4.41. The molecule has 1 heterocycles. The molecule has 0 bridgehead atoms. The molecule has 0 aliphatic heterocycles. The first kappa shape index (κ1) is 17.5. The summed E-state index contributed by atoms with van der Waals surface area (Å²) in [6.07, 6.45) is 3.83. The van der Waals surface area contributed by atoms with E-state index < -0.39 is 0 Å². The van der Waals surface area contributed by atoms with Crippen molar-refractivity contribution in [1.29, 1.82) is 0 Å². The van der Waals surface area contributed by atoms with Gasteiger partial charge in [-0.25, -0.2) is 9.97 Å². The molecule has 0 saturated heterocycles. The molecule has 4 rings (SSSR count). The average molecular weight is 369 g/mol. The molecule has 3 heteroatoms. The highest BCUT2D eigenvalue weighted by Crippen LogP contribution is 2.51. The molecule has 0 saturated carbocycles. The summed E-state index contributed by atoms with van der Waals surface area (Å²) in [4.78, 5) is 9.86. The lowest BCUT2D eigenvalue weighted by atomic mass is 9.84. The van der Waals surface area contributed by atoms with Gasteiger partial charge in [-0.15, -0.1) is 11.8 Å². The first-order valence-corrected chi connectivity index (χ1v) is 9.75. The minimum Gasteiger partial charge on any atom is -0.241 e. The van der Waals surface area contributed by atoms with Gasteiger partial charge in [0.1, 0.15) is 5.82 Å². The number of nitrogens with zero attached hydrogens (tertiary/aromatic N) is 2. The van der Waals surface area contributed by atoms with Crippen molar-refractivity contribution in [3.05, 3.63) is 126 Å². The highest BCUT2D eigenvalue weighted by molar-refractivity contribution is 8.00. The lowest BCUT2D eigenvalue weighted by Crippen LogP contribution is -2.25. The molecule has 0 amide bonds. The van der Waals surface area contributed by atoms with Crippen molar-refractivity contribution in [1.82, 2.24) is 9.97 Å². The second kappa shape index (κ2) is 7.77. The zero-order valence-electron chi connectivity index (χ0n) is 15.1. The number of aryl methyl sites for hydroxylation is 1. The molecule has 0 radical (unpaired) electrons. The number of hydrogen-bond acceptors (Lipinski definition) is 3. The molecule has 0 unspecified atom stereocenters. The highest BCUT2D eigenvalue weighted by Gasteiger charge is 2.37. The fraction of sp³-hybridized carbons (Fsp3) is 0.0833. The van der Waals surface area contributed by atoms with E-state index >= 15 is 0 Å². The third-order valence-electron chi connectivity index (χ3n) is 4.57. The normalized spacial score (nSPS) is 11.3. The number of hydrogen-bond donors (Lipinski definition) is 0. The monoisotopic (exact) mass is 368 g/mol. The van der Waals surface area contributed by atoms with Gasteiger partial charge in [0, 0.05) is 17.3 Å². The Labute approximate surface area is 164 Å². The Balaban J connectivity index is 1.98. The molecule has 2 nitrogen and oxygen atoms in total. The molecule has 0 aliphatic rings. The fourth-order valence-corrected chi connectivity index (χ4v) is 4.63. The van der Waals surface area contributed by atoms with Gasteiger partial charge in [-0.2, -0.15) is 0 Å². The molecule has 132 valence electrons. The van der Waals surface area contributed by atoms with Crippen LogP contribution in [0.4, 0.5) is 0 Å². The first-order valence-electron chi connectivity index (χ1n) is 8.93. The second-order valence-electron chi connectivity index (χ2n) is 6.35. The predicted molar refractivity (Wildman–Crippen MR) is 112 cm³/mol. The maximum Gasteiger partial charge on any atom is 0.125 e. The molecule has 0 atom stereocenters. The molecule has 0 aliphatic carbocycles. The molecule has 0 N–H and O–H groups in total. The Hall–Kier alpha value is -2.91. The summed E-state index contributed by atoms with van der Waals surface area (Å²) in [5.74, 6) is 0.782. The second-order valence-corrected chi connectivity index (χ2v) is 7.64.